The number of hydrogen-bond donors (Lipinski definition) is 3. The van der Waals surface area contributed by atoms with Gasteiger partial charge in [0, 0.05) is 12.6 Å². The lowest BCUT2D eigenvalue weighted by atomic mass is 9.94. The summed E-state index contributed by atoms with van der Waals surface area (Å²) < 4.78 is 23.1. The van der Waals surface area contributed by atoms with Gasteiger partial charge in [0.1, 0.15) is 22.5 Å². The summed E-state index contributed by atoms with van der Waals surface area (Å²) in [7, 11) is 1.53. The van der Waals surface area contributed by atoms with Crippen LogP contribution >= 0.6 is 11.5 Å². The first kappa shape index (κ1) is 27.1. The summed E-state index contributed by atoms with van der Waals surface area (Å²) in [6.45, 7) is -0.000587. The Morgan fingerprint density at radius 1 is 1.16 bits per heavy atom. The Balaban J connectivity index is 1.79. The highest BCUT2D eigenvalue weighted by molar-refractivity contribution is 7.09. The molecule has 38 heavy (non-hydrogen) atoms. The second kappa shape index (κ2) is 12.0. The summed E-state index contributed by atoms with van der Waals surface area (Å²) in [5, 5.41) is 3.10. The van der Waals surface area contributed by atoms with Gasteiger partial charge in [0.05, 0.1) is 12.8 Å². The Morgan fingerprint density at radius 3 is 2.50 bits per heavy atom. The number of halogens is 1. The average Bonchev–Trinajstić information content (AvgIpc) is 3.31. The number of methoxy groups -OCH3 is 1. The molecule has 0 spiro atoms. The van der Waals surface area contributed by atoms with Crippen molar-refractivity contribution in [1.29, 1.82) is 0 Å². The second-order valence-electron chi connectivity index (χ2n) is 9.22. The lowest BCUT2D eigenvalue weighted by molar-refractivity contribution is -0.127. The third-order valence-electron chi connectivity index (χ3n) is 6.60. The van der Waals surface area contributed by atoms with E-state index in [1.165, 1.54) is 36.3 Å². The topological polar surface area (TPSA) is 141 Å². The number of nitrogen functional groups attached to an aromatic ring is 1. The summed E-state index contributed by atoms with van der Waals surface area (Å²) in [4.78, 5) is 41.0. The van der Waals surface area contributed by atoms with Crippen molar-refractivity contribution in [3.63, 3.8) is 0 Å². The highest BCUT2D eigenvalue weighted by Gasteiger charge is 2.36. The quantitative estimate of drug-likeness (QED) is 0.378. The normalized spacial score (nSPS) is 14.5. The molecule has 9 nitrogen and oxygen atoms in total. The molecule has 1 atom stereocenters. The number of anilines is 1. The van der Waals surface area contributed by atoms with Crippen LogP contribution < -0.4 is 21.5 Å². The van der Waals surface area contributed by atoms with Gasteiger partial charge < -0.3 is 26.4 Å². The number of aromatic nitrogens is 1. The van der Waals surface area contributed by atoms with Crippen LogP contribution in [-0.2, 0) is 11.3 Å². The third kappa shape index (κ3) is 6.10. The standard InChI is InChI=1S/C27H30FN5O4S/c1-37-20-9-5-6-16(14-20)15-33(27(36)24-21(29)22(25(30)34)32-38-24)23(17-10-12-18(28)13-11-17)26(35)31-19-7-3-2-4-8-19/h5-6,9-14,19,23H,2-4,7-8,15,29H2,1H3,(H2,30,34)(H,31,35). The number of nitrogens with one attached hydrogen (secondary N) is 1. The molecule has 1 aliphatic carbocycles. The Bertz CT molecular complexity index is 1310. The van der Waals surface area contributed by atoms with Crippen LogP contribution in [-0.4, -0.2) is 40.1 Å². The molecule has 200 valence electrons. The van der Waals surface area contributed by atoms with Crippen molar-refractivity contribution >= 4 is 34.9 Å². The Kier molecular flexibility index (Phi) is 8.57. The van der Waals surface area contributed by atoms with Crippen molar-refractivity contribution in [2.45, 2.75) is 50.7 Å². The highest BCUT2D eigenvalue weighted by Crippen LogP contribution is 2.31. The molecule has 1 heterocycles. The molecule has 0 bridgehead atoms. The molecule has 5 N–H and O–H groups in total. The molecule has 0 saturated heterocycles. The second-order valence-corrected chi connectivity index (χ2v) is 9.99. The van der Waals surface area contributed by atoms with Gasteiger partial charge in [-0.15, -0.1) is 0 Å². The van der Waals surface area contributed by atoms with Gasteiger partial charge in [0.25, 0.3) is 11.8 Å². The van der Waals surface area contributed by atoms with Crippen molar-refractivity contribution in [3.05, 3.63) is 76.0 Å². The summed E-state index contributed by atoms with van der Waals surface area (Å²) in [5.41, 5.74) is 12.2. The van der Waals surface area contributed by atoms with Gasteiger partial charge in [-0.3, -0.25) is 14.4 Å². The van der Waals surface area contributed by atoms with Crippen molar-refractivity contribution in [2.24, 2.45) is 5.73 Å². The van der Waals surface area contributed by atoms with E-state index >= 15 is 0 Å². The SMILES string of the molecule is COc1cccc(CN(C(=O)c2snc(C(N)=O)c2N)C(C(=O)NC2CCCCC2)c2ccc(F)cc2)c1. The Morgan fingerprint density at radius 2 is 1.87 bits per heavy atom. The molecule has 1 unspecified atom stereocenters. The van der Waals surface area contributed by atoms with Gasteiger partial charge in [0.2, 0.25) is 5.91 Å². The fourth-order valence-corrected chi connectivity index (χ4v) is 5.41. The van der Waals surface area contributed by atoms with Gasteiger partial charge in [0.15, 0.2) is 5.69 Å². The molecule has 3 amide bonds. The minimum absolute atomic E-state index is 0.000587. The van der Waals surface area contributed by atoms with Gasteiger partial charge >= 0.3 is 0 Å². The molecule has 0 radical (unpaired) electrons. The smallest absolute Gasteiger partial charge is 0.270 e. The Labute approximate surface area is 224 Å². The van der Waals surface area contributed by atoms with E-state index in [4.69, 9.17) is 16.2 Å². The van der Waals surface area contributed by atoms with E-state index in [-0.39, 0.29) is 28.8 Å². The van der Waals surface area contributed by atoms with Crippen molar-refractivity contribution in [3.8, 4) is 5.75 Å². The third-order valence-corrected chi connectivity index (χ3v) is 7.45. The van der Waals surface area contributed by atoms with Gasteiger partial charge in [-0.05, 0) is 59.8 Å². The first-order valence-electron chi connectivity index (χ1n) is 12.3. The van der Waals surface area contributed by atoms with Crippen molar-refractivity contribution in [2.75, 3.05) is 12.8 Å². The van der Waals surface area contributed by atoms with E-state index in [9.17, 15) is 18.8 Å². The number of carbonyl (C=O) groups is 3. The monoisotopic (exact) mass is 539 g/mol. The zero-order chi connectivity index (χ0) is 27.2. The van der Waals surface area contributed by atoms with E-state index in [2.05, 4.69) is 9.69 Å². The summed E-state index contributed by atoms with van der Waals surface area (Å²) in [6, 6.07) is 11.4. The Hall–Kier alpha value is -3.99. The predicted molar refractivity (Wildman–Crippen MR) is 142 cm³/mol. The van der Waals surface area contributed by atoms with E-state index in [0.29, 0.717) is 16.9 Å². The van der Waals surface area contributed by atoms with Crippen LogP contribution in [0.25, 0.3) is 0 Å². The van der Waals surface area contributed by atoms with Gasteiger partial charge in [-0.25, -0.2) is 4.39 Å². The number of amides is 3. The molecule has 3 aromatic rings. The van der Waals surface area contributed by atoms with Crippen LogP contribution in [0.15, 0.2) is 48.5 Å². The molecule has 1 fully saturated rings. The first-order chi connectivity index (χ1) is 18.3. The first-order valence-corrected chi connectivity index (χ1v) is 13.1. The number of primary amides is 1. The van der Waals surface area contributed by atoms with E-state index in [0.717, 1.165) is 43.6 Å². The number of carbonyl (C=O) groups excluding carboxylic acids is 3. The van der Waals surface area contributed by atoms with Crippen LogP contribution in [0, 0.1) is 5.82 Å². The average molecular weight is 540 g/mol. The lowest BCUT2D eigenvalue weighted by Crippen LogP contribution is -2.46. The van der Waals surface area contributed by atoms with Crippen LogP contribution in [0.4, 0.5) is 10.1 Å². The molecular formula is C27H30FN5O4S. The largest absolute Gasteiger partial charge is 0.497 e. The molecule has 4 rings (SSSR count). The molecule has 1 aliphatic rings. The van der Waals surface area contributed by atoms with Gasteiger partial charge in [-0.1, -0.05) is 43.5 Å². The minimum Gasteiger partial charge on any atom is -0.497 e. The summed E-state index contributed by atoms with van der Waals surface area (Å²) in [6.07, 6.45) is 4.81. The van der Waals surface area contributed by atoms with E-state index in [1.807, 2.05) is 0 Å². The zero-order valence-corrected chi connectivity index (χ0v) is 21.8. The van der Waals surface area contributed by atoms with Gasteiger partial charge in [-0.2, -0.15) is 4.37 Å². The number of nitrogens with zero attached hydrogens (tertiary/aromatic N) is 2. The number of ether oxygens (including phenoxy) is 1. The number of hydrogen-bond acceptors (Lipinski definition) is 7. The summed E-state index contributed by atoms with van der Waals surface area (Å²) >= 11 is 0.738. The molecular weight excluding hydrogens is 509 g/mol. The number of benzene rings is 2. The zero-order valence-electron chi connectivity index (χ0n) is 21.0. The predicted octanol–water partition coefficient (Wildman–Crippen LogP) is 3.80. The maximum atomic E-state index is 14.0. The molecule has 1 aromatic heterocycles. The minimum atomic E-state index is -1.12. The fourth-order valence-electron chi connectivity index (χ4n) is 4.65. The van der Waals surface area contributed by atoms with Crippen molar-refractivity contribution < 1.29 is 23.5 Å². The van der Waals surface area contributed by atoms with Crippen LogP contribution in [0.5, 0.6) is 5.75 Å². The van der Waals surface area contributed by atoms with Crippen molar-refractivity contribution in [1.82, 2.24) is 14.6 Å². The molecule has 11 heteroatoms. The van der Waals surface area contributed by atoms with Crippen LogP contribution in [0.2, 0.25) is 0 Å². The lowest BCUT2D eigenvalue weighted by Gasteiger charge is -2.33. The van der Waals surface area contributed by atoms with Crippen LogP contribution in [0.3, 0.4) is 0 Å². The highest BCUT2D eigenvalue weighted by atomic mass is 32.1. The number of rotatable bonds is 9. The maximum absolute atomic E-state index is 14.0. The fraction of sp³-hybridized carbons (Fsp3) is 0.333. The number of nitrogens with two attached hydrogens (primary N) is 2. The van der Waals surface area contributed by atoms with E-state index < -0.39 is 29.6 Å². The molecule has 2 aromatic carbocycles. The maximum Gasteiger partial charge on any atom is 0.270 e. The van der Waals surface area contributed by atoms with Crippen LogP contribution in [0.1, 0.15) is 69.4 Å². The van der Waals surface area contributed by atoms with E-state index in [1.54, 1.807) is 24.3 Å². The molecule has 0 aliphatic heterocycles. The summed E-state index contributed by atoms with van der Waals surface area (Å²) in [5.74, 6) is -1.75. The molecule has 1 saturated carbocycles.